The number of hydrogen-bond acceptors (Lipinski definition) is 4. The van der Waals surface area contributed by atoms with Crippen LogP contribution in [0.15, 0.2) is 28.8 Å². The molecular weight excluding hydrogens is 264 g/mol. The van der Waals surface area contributed by atoms with E-state index >= 15 is 0 Å². The molecule has 4 nitrogen and oxygen atoms in total. The summed E-state index contributed by atoms with van der Waals surface area (Å²) in [7, 11) is 0. The van der Waals surface area contributed by atoms with E-state index in [9.17, 15) is 5.11 Å². The Morgan fingerprint density at radius 1 is 1.14 bits per heavy atom. The molecule has 0 spiro atoms. The van der Waals surface area contributed by atoms with Gasteiger partial charge in [0.1, 0.15) is 0 Å². The van der Waals surface area contributed by atoms with Gasteiger partial charge in [0.2, 0.25) is 5.89 Å². The van der Waals surface area contributed by atoms with Gasteiger partial charge in [0.15, 0.2) is 5.82 Å². The smallest absolute Gasteiger partial charge is 0.229 e. The second kappa shape index (κ2) is 4.95. The summed E-state index contributed by atoms with van der Waals surface area (Å²) in [6.45, 7) is 0. The molecule has 2 aliphatic rings. The molecule has 0 unspecified atom stereocenters. The van der Waals surface area contributed by atoms with E-state index in [0.717, 1.165) is 44.3 Å². The van der Waals surface area contributed by atoms with Crippen LogP contribution in [0.4, 0.5) is 0 Å². The molecule has 1 aromatic carbocycles. The Hall–Kier alpha value is -1.68. The van der Waals surface area contributed by atoms with Gasteiger partial charge in [-0.2, -0.15) is 4.98 Å². The zero-order valence-electron chi connectivity index (χ0n) is 12.1. The maximum atomic E-state index is 10.4. The molecule has 1 N–H and O–H groups in total. The highest BCUT2D eigenvalue weighted by atomic mass is 16.5. The molecule has 0 bridgehead atoms. The lowest BCUT2D eigenvalue weighted by molar-refractivity contribution is 0.0402. The van der Waals surface area contributed by atoms with Crippen molar-refractivity contribution in [1.29, 1.82) is 0 Å². The lowest BCUT2D eigenvalue weighted by atomic mass is 9.98. The first-order chi connectivity index (χ1) is 10.2. The number of aliphatic hydroxyl groups is 1. The average molecular weight is 284 g/mol. The Kier molecular flexibility index (Phi) is 3.07. The maximum Gasteiger partial charge on any atom is 0.229 e. The van der Waals surface area contributed by atoms with Gasteiger partial charge in [-0.3, -0.25) is 0 Å². The largest absolute Gasteiger partial charge is 0.389 e. The van der Waals surface area contributed by atoms with Crippen LogP contribution in [0.3, 0.4) is 0 Å². The van der Waals surface area contributed by atoms with E-state index in [4.69, 9.17) is 4.52 Å². The van der Waals surface area contributed by atoms with Crippen molar-refractivity contribution in [2.75, 3.05) is 0 Å². The van der Waals surface area contributed by atoms with Crippen LogP contribution in [0.25, 0.3) is 0 Å². The summed E-state index contributed by atoms with van der Waals surface area (Å²) in [5.74, 6) is 1.70. The van der Waals surface area contributed by atoms with Crippen molar-refractivity contribution >= 4 is 0 Å². The highest BCUT2D eigenvalue weighted by molar-refractivity contribution is 5.34. The van der Waals surface area contributed by atoms with E-state index < -0.39 is 5.60 Å². The SMILES string of the molecule is OC1(Cc2nc(C3Cc4ccccc4C3)no2)CCCC1. The molecule has 1 aromatic heterocycles. The molecule has 4 rings (SSSR count). The molecule has 1 saturated carbocycles. The molecule has 0 atom stereocenters. The Balaban J connectivity index is 1.48. The van der Waals surface area contributed by atoms with Crippen molar-refractivity contribution in [1.82, 2.24) is 10.1 Å². The third-order valence-corrected chi connectivity index (χ3v) is 4.91. The van der Waals surface area contributed by atoms with Gasteiger partial charge in [-0.15, -0.1) is 0 Å². The van der Waals surface area contributed by atoms with Crippen LogP contribution >= 0.6 is 0 Å². The zero-order chi connectivity index (χ0) is 14.3. The lowest BCUT2D eigenvalue weighted by Gasteiger charge is -2.18. The highest BCUT2D eigenvalue weighted by Crippen LogP contribution is 2.34. The molecule has 2 aliphatic carbocycles. The highest BCUT2D eigenvalue weighted by Gasteiger charge is 2.34. The summed E-state index contributed by atoms with van der Waals surface area (Å²) in [5, 5.41) is 14.6. The van der Waals surface area contributed by atoms with E-state index in [2.05, 4.69) is 34.4 Å². The van der Waals surface area contributed by atoms with Crippen LogP contribution in [-0.4, -0.2) is 20.8 Å². The monoisotopic (exact) mass is 284 g/mol. The van der Waals surface area contributed by atoms with E-state index in [-0.39, 0.29) is 0 Å². The van der Waals surface area contributed by atoms with Gasteiger partial charge >= 0.3 is 0 Å². The second-order valence-electron chi connectivity index (χ2n) is 6.53. The van der Waals surface area contributed by atoms with Gasteiger partial charge in [-0.25, -0.2) is 0 Å². The number of rotatable bonds is 3. The fourth-order valence-corrected chi connectivity index (χ4v) is 3.74. The Labute approximate surface area is 124 Å². The molecule has 1 fully saturated rings. The average Bonchev–Trinajstić information content (AvgIpc) is 3.17. The van der Waals surface area contributed by atoms with E-state index in [1.54, 1.807) is 0 Å². The van der Waals surface area contributed by atoms with Gasteiger partial charge in [0.05, 0.1) is 12.0 Å². The number of aromatic nitrogens is 2. The first-order valence-electron chi connectivity index (χ1n) is 7.83. The van der Waals surface area contributed by atoms with E-state index in [1.807, 2.05) is 0 Å². The standard InChI is InChI=1S/C17H20N2O2/c20-17(7-3-4-8-17)11-15-18-16(19-21-15)14-9-12-5-1-2-6-13(12)10-14/h1-2,5-6,14,20H,3-4,7-11H2. The van der Waals surface area contributed by atoms with E-state index in [1.165, 1.54) is 11.1 Å². The minimum absolute atomic E-state index is 0.318. The van der Waals surface area contributed by atoms with Gasteiger partial charge in [-0.1, -0.05) is 42.3 Å². The van der Waals surface area contributed by atoms with E-state index in [0.29, 0.717) is 18.2 Å². The molecule has 2 aromatic rings. The van der Waals surface area contributed by atoms with Crippen LogP contribution < -0.4 is 0 Å². The lowest BCUT2D eigenvalue weighted by Crippen LogP contribution is -2.27. The van der Waals surface area contributed by atoms with Gasteiger partial charge in [-0.05, 0) is 36.8 Å². The maximum absolute atomic E-state index is 10.4. The molecule has 0 amide bonds. The van der Waals surface area contributed by atoms with Crippen molar-refractivity contribution in [3.63, 3.8) is 0 Å². The minimum atomic E-state index is -0.623. The Morgan fingerprint density at radius 3 is 2.48 bits per heavy atom. The fraction of sp³-hybridized carbons (Fsp3) is 0.529. The van der Waals surface area contributed by atoms with Crippen molar-refractivity contribution in [3.05, 3.63) is 47.1 Å². The predicted octanol–water partition coefficient (Wildman–Crippen LogP) is 2.80. The molecule has 110 valence electrons. The normalized spacial score (nSPS) is 20.8. The molecular formula is C17H20N2O2. The number of benzene rings is 1. The van der Waals surface area contributed by atoms with Gasteiger partial charge in [0.25, 0.3) is 0 Å². The first-order valence-corrected chi connectivity index (χ1v) is 7.83. The summed E-state index contributed by atoms with van der Waals surface area (Å²) >= 11 is 0. The van der Waals surface area contributed by atoms with Crippen molar-refractivity contribution in [2.24, 2.45) is 0 Å². The number of hydrogen-bond donors (Lipinski definition) is 1. The number of nitrogens with zero attached hydrogens (tertiary/aromatic N) is 2. The third-order valence-electron chi connectivity index (χ3n) is 4.91. The zero-order valence-corrected chi connectivity index (χ0v) is 12.1. The summed E-state index contributed by atoms with van der Waals surface area (Å²) in [5.41, 5.74) is 2.16. The van der Waals surface area contributed by atoms with Crippen molar-refractivity contribution in [3.8, 4) is 0 Å². The number of fused-ring (bicyclic) bond motifs is 1. The summed E-state index contributed by atoms with van der Waals surface area (Å²) < 4.78 is 5.38. The van der Waals surface area contributed by atoms with Crippen LogP contribution in [-0.2, 0) is 19.3 Å². The van der Waals surface area contributed by atoms with Crippen LogP contribution in [0.5, 0.6) is 0 Å². The van der Waals surface area contributed by atoms with Crippen LogP contribution in [0.1, 0.15) is 54.4 Å². The Bertz CT molecular complexity index is 619. The minimum Gasteiger partial charge on any atom is -0.389 e. The topological polar surface area (TPSA) is 59.2 Å². The quantitative estimate of drug-likeness (QED) is 0.941. The molecule has 0 saturated heterocycles. The molecule has 21 heavy (non-hydrogen) atoms. The summed E-state index contributed by atoms with van der Waals surface area (Å²) in [4.78, 5) is 4.55. The second-order valence-corrected chi connectivity index (χ2v) is 6.53. The van der Waals surface area contributed by atoms with Crippen molar-refractivity contribution < 1.29 is 9.63 Å². The van der Waals surface area contributed by atoms with Crippen molar-refractivity contribution in [2.45, 2.75) is 56.5 Å². The summed E-state index contributed by atoms with van der Waals surface area (Å²) in [6.07, 6.45) is 6.35. The third kappa shape index (κ3) is 2.48. The fourth-order valence-electron chi connectivity index (χ4n) is 3.74. The predicted molar refractivity (Wildman–Crippen MR) is 78.0 cm³/mol. The van der Waals surface area contributed by atoms with Crippen LogP contribution in [0.2, 0.25) is 0 Å². The molecule has 1 heterocycles. The first kappa shape index (κ1) is 13.0. The Morgan fingerprint density at radius 2 is 1.81 bits per heavy atom. The van der Waals surface area contributed by atoms with Crippen LogP contribution in [0, 0.1) is 0 Å². The summed E-state index contributed by atoms with van der Waals surface area (Å²) in [6, 6.07) is 8.52. The van der Waals surface area contributed by atoms with Gasteiger partial charge in [0, 0.05) is 5.92 Å². The molecule has 0 radical (unpaired) electrons. The molecule has 4 heteroatoms. The van der Waals surface area contributed by atoms with Gasteiger partial charge < -0.3 is 9.63 Å². The molecule has 0 aliphatic heterocycles.